The molecule has 0 fully saturated rings. The molecule has 0 bridgehead atoms. The summed E-state index contributed by atoms with van der Waals surface area (Å²) in [5.74, 6) is 0.0778. The fourth-order valence-corrected chi connectivity index (χ4v) is 2.26. The van der Waals surface area contributed by atoms with E-state index in [9.17, 15) is 9.59 Å². The monoisotopic (exact) mass is 235 g/mol. The Balaban J connectivity index is 1.88. The van der Waals surface area contributed by atoms with Gasteiger partial charge in [-0.15, -0.1) is 0 Å². The number of imide groups is 1. The number of rotatable bonds is 4. The molecule has 0 saturated carbocycles. The predicted octanol–water partition coefficient (Wildman–Crippen LogP) is 1.63. The fourth-order valence-electron chi connectivity index (χ4n) is 2.26. The lowest BCUT2D eigenvalue weighted by Crippen LogP contribution is -2.33. The van der Waals surface area contributed by atoms with E-state index in [1.54, 1.807) is 0 Å². The molecule has 4 nitrogen and oxygen atoms in total. The van der Waals surface area contributed by atoms with Crippen LogP contribution in [0.5, 0.6) is 0 Å². The summed E-state index contributed by atoms with van der Waals surface area (Å²) >= 11 is 0. The summed E-state index contributed by atoms with van der Waals surface area (Å²) in [6.07, 6.45) is 9.98. The molecule has 1 unspecified atom stereocenters. The Morgan fingerprint density at radius 1 is 1.47 bits per heavy atom. The van der Waals surface area contributed by atoms with E-state index in [4.69, 9.17) is 4.74 Å². The average Bonchev–Trinajstić information content (AvgIpc) is 2.63. The maximum Gasteiger partial charge on any atom is 0.295 e. The lowest BCUT2D eigenvalue weighted by atomic mass is 9.93. The number of amides is 2. The highest BCUT2D eigenvalue weighted by Gasteiger charge is 2.31. The molecule has 4 heteroatoms. The van der Waals surface area contributed by atoms with Crippen LogP contribution in [0.4, 0.5) is 0 Å². The highest BCUT2D eigenvalue weighted by molar-refractivity contribution is 6.15. The lowest BCUT2D eigenvalue weighted by Gasteiger charge is -2.20. The topological polar surface area (TPSA) is 46.6 Å². The third-order valence-electron chi connectivity index (χ3n) is 3.27. The van der Waals surface area contributed by atoms with Crippen molar-refractivity contribution >= 4 is 11.8 Å². The second-order valence-corrected chi connectivity index (χ2v) is 4.42. The molecule has 2 aliphatic rings. The van der Waals surface area contributed by atoms with Crippen LogP contribution < -0.4 is 0 Å². The molecule has 0 saturated heterocycles. The molecule has 1 atom stereocenters. The Bertz CT molecular complexity index is 384. The van der Waals surface area contributed by atoms with Gasteiger partial charge in [-0.1, -0.05) is 12.2 Å². The molecule has 2 amide bonds. The zero-order valence-corrected chi connectivity index (χ0v) is 10.0. The van der Waals surface area contributed by atoms with Gasteiger partial charge < -0.3 is 4.74 Å². The van der Waals surface area contributed by atoms with Gasteiger partial charge in [-0.3, -0.25) is 14.5 Å². The van der Waals surface area contributed by atoms with E-state index < -0.39 is 0 Å². The Morgan fingerprint density at radius 3 is 2.88 bits per heavy atom. The highest BCUT2D eigenvalue weighted by Crippen LogP contribution is 2.22. The first kappa shape index (κ1) is 11.9. The Morgan fingerprint density at radius 2 is 2.29 bits per heavy atom. The smallest absolute Gasteiger partial charge is 0.295 e. The molecule has 0 spiro atoms. The minimum atomic E-state index is -0.308. The number of methoxy groups -OCH3 is 1. The van der Waals surface area contributed by atoms with Gasteiger partial charge in [0.25, 0.3) is 11.8 Å². The van der Waals surface area contributed by atoms with Gasteiger partial charge >= 0.3 is 0 Å². The molecule has 92 valence electrons. The average molecular weight is 235 g/mol. The summed E-state index contributed by atoms with van der Waals surface area (Å²) in [6.45, 7) is 0.482. The van der Waals surface area contributed by atoms with Gasteiger partial charge in [0.05, 0.1) is 13.2 Å². The van der Waals surface area contributed by atoms with Crippen molar-refractivity contribution in [1.82, 2.24) is 4.90 Å². The SMILES string of the molecule is COC1=CC(=O)N(CCC2C=CCCC2)C1=O. The zero-order valence-electron chi connectivity index (χ0n) is 10.0. The summed E-state index contributed by atoms with van der Waals surface area (Å²) in [7, 11) is 1.41. The highest BCUT2D eigenvalue weighted by atomic mass is 16.5. The summed E-state index contributed by atoms with van der Waals surface area (Å²) in [6, 6.07) is 0. The van der Waals surface area contributed by atoms with Crippen LogP contribution in [0.15, 0.2) is 24.0 Å². The number of allylic oxidation sites excluding steroid dienone is 2. The van der Waals surface area contributed by atoms with Crippen molar-refractivity contribution in [2.75, 3.05) is 13.7 Å². The van der Waals surface area contributed by atoms with Gasteiger partial charge in [0.1, 0.15) is 0 Å². The normalized spacial score (nSPS) is 24.2. The molecule has 2 rings (SSSR count). The van der Waals surface area contributed by atoms with E-state index in [0.717, 1.165) is 19.3 Å². The summed E-state index contributed by atoms with van der Waals surface area (Å²) in [5.41, 5.74) is 0. The quantitative estimate of drug-likeness (QED) is 0.549. The van der Waals surface area contributed by atoms with Gasteiger partial charge in [0, 0.05) is 6.54 Å². The van der Waals surface area contributed by atoms with Crippen LogP contribution in [0.25, 0.3) is 0 Å². The molecule has 0 aromatic carbocycles. The number of ether oxygens (including phenoxy) is 1. The van der Waals surface area contributed by atoms with E-state index in [0.29, 0.717) is 12.5 Å². The number of carbonyl (C=O) groups is 2. The Labute approximate surface area is 101 Å². The first-order chi connectivity index (χ1) is 8.22. The Hall–Kier alpha value is -1.58. The third kappa shape index (κ3) is 2.57. The van der Waals surface area contributed by atoms with Gasteiger partial charge in [-0.2, -0.15) is 0 Å². The van der Waals surface area contributed by atoms with Gasteiger partial charge in [0.15, 0.2) is 5.76 Å². The van der Waals surface area contributed by atoms with Crippen LogP contribution in [0.1, 0.15) is 25.7 Å². The van der Waals surface area contributed by atoms with Crippen molar-refractivity contribution in [3.8, 4) is 0 Å². The number of carbonyl (C=O) groups excluding carboxylic acids is 2. The van der Waals surface area contributed by atoms with Gasteiger partial charge in [0.2, 0.25) is 0 Å². The molecule has 1 aliphatic carbocycles. The van der Waals surface area contributed by atoms with Gasteiger partial charge in [-0.05, 0) is 31.6 Å². The van der Waals surface area contributed by atoms with Crippen LogP contribution in [-0.4, -0.2) is 30.4 Å². The van der Waals surface area contributed by atoms with Crippen LogP contribution in [0.2, 0.25) is 0 Å². The molecule has 0 aromatic rings. The van der Waals surface area contributed by atoms with E-state index in [1.807, 2.05) is 0 Å². The second kappa shape index (κ2) is 5.17. The summed E-state index contributed by atoms with van der Waals surface area (Å²) in [5, 5.41) is 0. The third-order valence-corrected chi connectivity index (χ3v) is 3.27. The predicted molar refractivity (Wildman–Crippen MR) is 62.9 cm³/mol. The van der Waals surface area contributed by atoms with Crippen LogP contribution in [0.3, 0.4) is 0 Å². The van der Waals surface area contributed by atoms with E-state index in [1.165, 1.54) is 24.5 Å². The molecule has 0 radical (unpaired) electrons. The number of hydrogen-bond donors (Lipinski definition) is 0. The van der Waals surface area contributed by atoms with Crippen molar-refractivity contribution in [2.24, 2.45) is 5.92 Å². The van der Waals surface area contributed by atoms with Crippen LogP contribution >= 0.6 is 0 Å². The molecule has 1 aliphatic heterocycles. The van der Waals surface area contributed by atoms with E-state index >= 15 is 0 Å². The molecular formula is C13H17NO3. The first-order valence-electron chi connectivity index (χ1n) is 6.00. The van der Waals surface area contributed by atoms with Crippen molar-refractivity contribution in [1.29, 1.82) is 0 Å². The second-order valence-electron chi connectivity index (χ2n) is 4.42. The largest absolute Gasteiger partial charge is 0.491 e. The number of nitrogens with zero attached hydrogens (tertiary/aromatic N) is 1. The maximum absolute atomic E-state index is 11.7. The van der Waals surface area contributed by atoms with E-state index in [2.05, 4.69) is 12.2 Å². The maximum atomic E-state index is 11.7. The molecule has 0 N–H and O–H groups in total. The van der Waals surface area contributed by atoms with Crippen molar-refractivity contribution in [2.45, 2.75) is 25.7 Å². The summed E-state index contributed by atoms with van der Waals surface area (Å²) in [4.78, 5) is 24.5. The molecule has 17 heavy (non-hydrogen) atoms. The van der Waals surface area contributed by atoms with Crippen molar-refractivity contribution in [3.63, 3.8) is 0 Å². The molecular weight excluding hydrogens is 218 g/mol. The Kier molecular flexibility index (Phi) is 3.61. The first-order valence-corrected chi connectivity index (χ1v) is 6.00. The van der Waals surface area contributed by atoms with E-state index in [-0.39, 0.29) is 17.6 Å². The van der Waals surface area contributed by atoms with Crippen molar-refractivity contribution < 1.29 is 14.3 Å². The van der Waals surface area contributed by atoms with Crippen molar-refractivity contribution in [3.05, 3.63) is 24.0 Å². The van der Waals surface area contributed by atoms with Crippen LogP contribution in [-0.2, 0) is 14.3 Å². The number of hydrogen-bond acceptors (Lipinski definition) is 3. The standard InChI is InChI=1S/C13H17NO3/c1-17-11-9-12(15)14(13(11)16)8-7-10-5-3-2-4-6-10/h3,5,9-10H,2,4,6-8H2,1H3. The van der Waals surface area contributed by atoms with Crippen LogP contribution in [0, 0.1) is 5.92 Å². The van der Waals surface area contributed by atoms with Gasteiger partial charge in [-0.25, -0.2) is 0 Å². The molecule has 0 aromatic heterocycles. The molecule has 1 heterocycles. The summed E-state index contributed by atoms with van der Waals surface area (Å²) < 4.78 is 4.85. The zero-order chi connectivity index (χ0) is 12.3. The lowest BCUT2D eigenvalue weighted by molar-refractivity contribution is -0.138. The minimum absolute atomic E-state index is 0.147. The minimum Gasteiger partial charge on any atom is -0.491 e. The fraction of sp³-hybridized carbons (Fsp3) is 0.538.